The smallest absolute Gasteiger partial charge is 0.163 e. The van der Waals surface area contributed by atoms with Gasteiger partial charge in [0.15, 0.2) is 34.6 Å². The Morgan fingerprint density at radius 3 is 2.39 bits per heavy atom. The number of ketones is 2. The summed E-state index contributed by atoms with van der Waals surface area (Å²) in [4.78, 5) is 24.8. The lowest BCUT2D eigenvalue weighted by molar-refractivity contribution is -0.121. The van der Waals surface area contributed by atoms with Crippen molar-refractivity contribution in [1.29, 1.82) is 0 Å². The molecule has 0 heterocycles. The van der Waals surface area contributed by atoms with Crippen molar-refractivity contribution in [3.05, 3.63) is 59.6 Å². The highest BCUT2D eigenvalue weighted by Crippen LogP contribution is 2.28. The van der Waals surface area contributed by atoms with Crippen LogP contribution >= 0.6 is 0 Å². The zero-order valence-electron chi connectivity index (χ0n) is 23.7. The molecule has 0 amide bonds. The fourth-order valence-corrected chi connectivity index (χ4v) is 2.08. The number of carbonyl (C=O) groups excluding carboxylic acids is 2. The van der Waals surface area contributed by atoms with Gasteiger partial charge in [-0.1, -0.05) is 24.3 Å². The van der Waals surface area contributed by atoms with Crippen molar-refractivity contribution in [2.45, 2.75) is 6.42 Å². The maximum absolute atomic E-state index is 12.5. The molecule has 0 aliphatic rings. The van der Waals surface area contributed by atoms with Gasteiger partial charge in [0.2, 0.25) is 0 Å². The molecule has 0 bridgehead atoms. The Bertz CT molecular complexity index is 1250. The highest BCUT2D eigenvalue weighted by molar-refractivity contribution is 6.10. The van der Waals surface area contributed by atoms with E-state index < -0.39 is 61.7 Å². The number of phenolic OH excluding ortho intramolecular Hbond substituents is 1. The summed E-state index contributed by atoms with van der Waals surface area (Å²) < 4.78 is 81.7. The Balaban J connectivity index is 2.29. The van der Waals surface area contributed by atoms with Gasteiger partial charge in [-0.15, -0.1) is 0 Å². The molecule has 0 radical (unpaired) electrons. The Morgan fingerprint density at radius 2 is 1.64 bits per heavy atom. The van der Waals surface area contributed by atoms with Gasteiger partial charge in [0, 0.05) is 0 Å². The van der Waals surface area contributed by atoms with E-state index in [0.717, 1.165) is 24.3 Å². The minimum atomic E-state index is -3.00. The van der Waals surface area contributed by atoms with Gasteiger partial charge in [-0.05, 0) is 47.5 Å². The summed E-state index contributed by atoms with van der Waals surface area (Å²) in [5.41, 5.74) is 0.158. The lowest BCUT2D eigenvalue weighted by Gasteiger charge is -2.07. The Morgan fingerprint density at radius 1 is 0.964 bits per heavy atom. The molecular formula is C22H22O6. The molecule has 0 aromatic heterocycles. The summed E-state index contributed by atoms with van der Waals surface area (Å²) in [7, 11) is -4.61. The molecule has 6 heteroatoms. The number of phenols is 1. The fourth-order valence-electron chi connectivity index (χ4n) is 2.08. The molecule has 2 rings (SSSR count). The Hall–Kier alpha value is -3.54. The molecule has 6 nitrogen and oxygen atoms in total. The van der Waals surface area contributed by atoms with Crippen molar-refractivity contribution < 1.29 is 41.2 Å². The summed E-state index contributed by atoms with van der Waals surface area (Å²) in [6.45, 7) is 0. The summed E-state index contributed by atoms with van der Waals surface area (Å²) >= 11 is 0. The van der Waals surface area contributed by atoms with Crippen LogP contribution in [0.25, 0.3) is 12.1 Å². The molecule has 2 aromatic rings. The predicted octanol–water partition coefficient (Wildman–Crippen LogP) is 3.67. The topological polar surface area (TPSA) is 82.1 Å². The van der Waals surface area contributed by atoms with E-state index in [1.165, 1.54) is 25.3 Å². The lowest BCUT2D eigenvalue weighted by atomic mass is 10.1. The van der Waals surface area contributed by atoms with Crippen molar-refractivity contribution in [2.24, 2.45) is 0 Å². The number of allylic oxidation sites excluding steroid dienone is 2. The second-order valence-electron chi connectivity index (χ2n) is 5.36. The van der Waals surface area contributed by atoms with E-state index in [0.29, 0.717) is 5.56 Å². The lowest BCUT2D eigenvalue weighted by Crippen LogP contribution is -2.01. The van der Waals surface area contributed by atoms with Crippen LogP contribution < -0.4 is 14.2 Å². The number of aromatic hydroxyl groups is 1. The van der Waals surface area contributed by atoms with Gasteiger partial charge in [-0.25, -0.2) is 0 Å². The van der Waals surface area contributed by atoms with Crippen molar-refractivity contribution in [3.8, 4) is 23.0 Å². The minimum absolute atomic E-state index is 0.109. The third-order valence-corrected chi connectivity index (χ3v) is 3.43. The van der Waals surface area contributed by atoms with E-state index in [4.69, 9.17) is 26.5 Å². The largest absolute Gasteiger partial charge is 0.504 e. The number of carbonyl (C=O) groups is 2. The van der Waals surface area contributed by atoms with Crippen LogP contribution in [0.2, 0.25) is 0 Å². The summed E-state index contributed by atoms with van der Waals surface area (Å²) in [5.74, 6) is -3.09. The molecule has 2 aromatic carbocycles. The van der Waals surface area contributed by atoms with Crippen molar-refractivity contribution in [2.75, 3.05) is 21.2 Å². The fraction of sp³-hybridized carbons (Fsp3) is 0.182. The zero-order chi connectivity index (χ0) is 28.1. The molecule has 0 unspecified atom stereocenters. The number of rotatable bonds is 9. The van der Waals surface area contributed by atoms with E-state index in [1.807, 2.05) is 0 Å². The highest BCUT2D eigenvalue weighted by Gasteiger charge is 2.06. The van der Waals surface area contributed by atoms with Crippen LogP contribution in [-0.2, 0) is 9.59 Å². The van der Waals surface area contributed by atoms with Crippen LogP contribution in [0.4, 0.5) is 0 Å². The van der Waals surface area contributed by atoms with Gasteiger partial charge < -0.3 is 19.3 Å². The minimum Gasteiger partial charge on any atom is -0.504 e. The van der Waals surface area contributed by atoms with Crippen molar-refractivity contribution in [1.82, 2.24) is 0 Å². The van der Waals surface area contributed by atoms with Gasteiger partial charge in [0.1, 0.15) is 0 Å². The van der Waals surface area contributed by atoms with E-state index >= 15 is 0 Å². The third kappa shape index (κ3) is 5.74. The molecule has 0 spiro atoms. The third-order valence-electron chi connectivity index (χ3n) is 3.43. The number of ether oxygens (including phenoxy) is 3. The number of methoxy groups -OCH3 is 3. The van der Waals surface area contributed by atoms with Crippen LogP contribution in [0.1, 0.15) is 29.9 Å². The Kier molecular flexibility index (Phi) is 4.03. The number of hydrogen-bond donors (Lipinski definition) is 1. The van der Waals surface area contributed by atoms with Crippen LogP contribution in [0.5, 0.6) is 23.0 Å². The maximum Gasteiger partial charge on any atom is 0.163 e. The molecule has 0 fully saturated rings. The molecule has 1 N–H and O–H groups in total. The monoisotopic (exact) mass is 391 g/mol. The van der Waals surface area contributed by atoms with E-state index in [9.17, 15) is 14.7 Å². The molecule has 0 saturated carbocycles. The average Bonchev–Trinajstić information content (AvgIpc) is 2.78. The number of benzene rings is 2. The SMILES string of the molecule is [2H]/C(=C\c1ccc(O)c(OC)c1)C(=O)CC(=O)/C([2H])=C(\[2H])c1ccc(OC([2H])([2H])[2H])c(OC([2H])([2H])[2H])c1. The van der Waals surface area contributed by atoms with Crippen molar-refractivity contribution >= 4 is 23.7 Å². The highest BCUT2D eigenvalue weighted by atomic mass is 16.5. The van der Waals surface area contributed by atoms with Crippen LogP contribution in [0.3, 0.4) is 0 Å². The standard InChI is InChI=1S/C22H22O6/c1-26-20-11-7-16(13-22(20)28-3)5-9-18(24)14-17(23)8-4-15-6-10-19(25)21(12-15)27-2/h4-13,25H,14H2,1-3H3/b8-4+,9-5+/i1D3,3D3,5D,8D,9D. The molecule has 0 aliphatic heterocycles. The predicted molar refractivity (Wildman–Crippen MR) is 107 cm³/mol. The molecule has 28 heavy (non-hydrogen) atoms. The number of hydrogen-bond acceptors (Lipinski definition) is 6. The molecule has 0 atom stereocenters. The second kappa shape index (κ2) is 9.97. The zero-order valence-corrected chi connectivity index (χ0v) is 14.7. The van der Waals surface area contributed by atoms with Crippen LogP contribution in [0.15, 0.2) is 48.5 Å². The first-order valence-corrected chi connectivity index (χ1v) is 7.82. The van der Waals surface area contributed by atoms with Gasteiger partial charge in [0.25, 0.3) is 0 Å². The van der Waals surface area contributed by atoms with Gasteiger partial charge in [-0.3, -0.25) is 9.59 Å². The summed E-state index contributed by atoms with van der Waals surface area (Å²) in [6, 6.07) is 4.96. The second-order valence-corrected chi connectivity index (χ2v) is 5.36. The first-order chi connectivity index (χ1) is 17.0. The van der Waals surface area contributed by atoms with Crippen LogP contribution in [0, 0.1) is 0 Å². The molecule has 146 valence electrons. The molecular weight excluding hydrogens is 360 g/mol. The first-order valence-electron chi connectivity index (χ1n) is 12.3. The maximum atomic E-state index is 12.5. The van der Waals surface area contributed by atoms with Gasteiger partial charge >= 0.3 is 0 Å². The van der Waals surface area contributed by atoms with Gasteiger partial charge in [0.05, 0.1) is 39.9 Å². The quantitative estimate of drug-likeness (QED) is 0.519. The average molecular weight is 391 g/mol. The normalized spacial score (nSPS) is 17.6. The molecule has 0 saturated heterocycles. The van der Waals surface area contributed by atoms with E-state index in [1.54, 1.807) is 0 Å². The summed E-state index contributed by atoms with van der Waals surface area (Å²) in [5, 5.41) is 9.63. The summed E-state index contributed by atoms with van der Waals surface area (Å²) in [6.07, 6.45) is 0.235. The van der Waals surface area contributed by atoms with E-state index in [2.05, 4.69) is 0 Å². The van der Waals surface area contributed by atoms with E-state index in [-0.39, 0.29) is 17.1 Å². The molecule has 0 aliphatic carbocycles. The van der Waals surface area contributed by atoms with Crippen LogP contribution in [-0.4, -0.2) is 37.9 Å². The Labute approximate surface area is 176 Å². The van der Waals surface area contributed by atoms with Gasteiger partial charge in [-0.2, -0.15) is 0 Å². The first kappa shape index (κ1) is 11.3. The van der Waals surface area contributed by atoms with Crippen molar-refractivity contribution in [3.63, 3.8) is 0 Å².